The highest BCUT2D eigenvalue weighted by molar-refractivity contribution is 6.08. The van der Waals surface area contributed by atoms with Crippen LogP contribution in [0, 0.1) is 6.92 Å². The second-order valence-electron chi connectivity index (χ2n) is 9.89. The number of para-hydroxylation sites is 2. The number of hydrogen-bond donors (Lipinski definition) is 0. The summed E-state index contributed by atoms with van der Waals surface area (Å²) in [5.41, 5.74) is 3.08. The van der Waals surface area contributed by atoms with Gasteiger partial charge in [-0.3, -0.25) is 9.59 Å². The lowest BCUT2D eigenvalue weighted by Gasteiger charge is -2.43. The van der Waals surface area contributed by atoms with Gasteiger partial charge in [-0.1, -0.05) is 57.2 Å². The molecule has 0 radical (unpaired) electrons. The first kappa shape index (κ1) is 22.8. The summed E-state index contributed by atoms with van der Waals surface area (Å²) in [7, 11) is 0. The maximum atomic E-state index is 13.8. The SMILES string of the molecule is CC(=O)N(c1ccccc1)C1CC(C)N(C(=O)c2cc(C(C)(C)C)oc2C)c2ccccc21. The number of amides is 2. The molecule has 1 aromatic heterocycles. The Morgan fingerprint density at radius 3 is 2.27 bits per heavy atom. The van der Waals surface area contributed by atoms with Crippen molar-refractivity contribution in [2.75, 3.05) is 9.80 Å². The zero-order chi connectivity index (χ0) is 23.9. The van der Waals surface area contributed by atoms with Crippen molar-refractivity contribution >= 4 is 23.2 Å². The third kappa shape index (κ3) is 4.20. The Morgan fingerprint density at radius 2 is 1.67 bits per heavy atom. The summed E-state index contributed by atoms with van der Waals surface area (Å²) in [4.78, 5) is 30.3. The highest BCUT2D eigenvalue weighted by atomic mass is 16.3. The van der Waals surface area contributed by atoms with Gasteiger partial charge in [-0.25, -0.2) is 0 Å². The maximum absolute atomic E-state index is 13.8. The summed E-state index contributed by atoms with van der Waals surface area (Å²) in [5.74, 6) is 1.34. The molecule has 3 aromatic rings. The molecule has 172 valence electrons. The van der Waals surface area contributed by atoms with E-state index in [4.69, 9.17) is 4.42 Å². The van der Waals surface area contributed by atoms with Gasteiger partial charge >= 0.3 is 0 Å². The molecular formula is C28H32N2O3. The zero-order valence-electron chi connectivity index (χ0n) is 20.3. The predicted octanol–water partition coefficient (Wildman–Crippen LogP) is 6.42. The lowest BCUT2D eigenvalue weighted by atomic mass is 9.89. The molecule has 2 heterocycles. The molecule has 2 amide bonds. The Labute approximate surface area is 196 Å². The first-order chi connectivity index (χ1) is 15.6. The smallest absolute Gasteiger partial charge is 0.262 e. The van der Waals surface area contributed by atoms with Crippen LogP contribution in [0.3, 0.4) is 0 Å². The fourth-order valence-corrected chi connectivity index (χ4v) is 4.70. The van der Waals surface area contributed by atoms with E-state index in [1.54, 1.807) is 6.92 Å². The Hall–Kier alpha value is -3.34. The summed E-state index contributed by atoms with van der Waals surface area (Å²) in [6.45, 7) is 11.7. The van der Waals surface area contributed by atoms with Gasteiger partial charge in [0.25, 0.3) is 5.91 Å². The topological polar surface area (TPSA) is 53.8 Å². The predicted molar refractivity (Wildman–Crippen MR) is 132 cm³/mol. The van der Waals surface area contributed by atoms with E-state index < -0.39 is 0 Å². The van der Waals surface area contributed by atoms with Crippen molar-refractivity contribution in [3.05, 3.63) is 83.3 Å². The van der Waals surface area contributed by atoms with Crippen LogP contribution in [0.25, 0.3) is 0 Å². The normalized spacial score (nSPS) is 18.1. The van der Waals surface area contributed by atoms with Crippen LogP contribution in [0.5, 0.6) is 0 Å². The molecule has 0 bridgehead atoms. The molecule has 1 aliphatic rings. The number of rotatable bonds is 3. The summed E-state index contributed by atoms with van der Waals surface area (Å²) in [5, 5.41) is 0. The van der Waals surface area contributed by atoms with E-state index in [0.29, 0.717) is 17.7 Å². The Bertz CT molecular complexity index is 1170. The molecule has 5 heteroatoms. The van der Waals surface area contributed by atoms with Crippen LogP contribution in [0.1, 0.15) is 74.5 Å². The van der Waals surface area contributed by atoms with Gasteiger partial charge in [0.1, 0.15) is 11.5 Å². The highest BCUT2D eigenvalue weighted by Crippen LogP contribution is 2.43. The first-order valence-corrected chi connectivity index (χ1v) is 11.5. The fraction of sp³-hybridized carbons (Fsp3) is 0.357. The number of benzene rings is 2. The number of fused-ring (bicyclic) bond motifs is 1. The minimum absolute atomic E-state index is 0.0199. The monoisotopic (exact) mass is 444 g/mol. The number of carbonyl (C=O) groups is 2. The molecule has 1 aliphatic heterocycles. The van der Waals surface area contributed by atoms with Gasteiger partial charge in [0.15, 0.2) is 0 Å². The summed E-state index contributed by atoms with van der Waals surface area (Å²) >= 11 is 0. The molecule has 2 atom stereocenters. The molecule has 5 nitrogen and oxygen atoms in total. The minimum atomic E-state index is -0.183. The third-order valence-corrected chi connectivity index (χ3v) is 6.35. The largest absolute Gasteiger partial charge is 0.465 e. The summed E-state index contributed by atoms with van der Waals surface area (Å²) < 4.78 is 5.96. The molecule has 0 N–H and O–H groups in total. The van der Waals surface area contributed by atoms with E-state index in [2.05, 4.69) is 20.8 Å². The standard InChI is InChI=1S/C28H32N2O3/c1-18-16-25(30(20(3)31)21-12-8-7-9-13-21)22-14-10-11-15-24(22)29(18)27(32)23-17-26(28(4,5)6)33-19(23)2/h7-15,17-18,25H,16H2,1-6H3. The highest BCUT2D eigenvalue weighted by Gasteiger charge is 2.39. The fourth-order valence-electron chi connectivity index (χ4n) is 4.70. The van der Waals surface area contributed by atoms with Gasteiger partial charge in [0.05, 0.1) is 11.6 Å². The quantitative estimate of drug-likeness (QED) is 0.468. The Balaban J connectivity index is 1.78. The van der Waals surface area contributed by atoms with Crippen LogP contribution in [0.2, 0.25) is 0 Å². The average Bonchev–Trinajstić information content (AvgIpc) is 3.16. The molecule has 0 spiro atoms. The number of anilines is 2. The van der Waals surface area contributed by atoms with Gasteiger partial charge in [0, 0.05) is 29.8 Å². The minimum Gasteiger partial charge on any atom is -0.465 e. The van der Waals surface area contributed by atoms with Gasteiger partial charge in [-0.15, -0.1) is 0 Å². The van der Waals surface area contributed by atoms with Crippen molar-refractivity contribution < 1.29 is 14.0 Å². The Kier molecular flexibility index (Phi) is 5.91. The van der Waals surface area contributed by atoms with Gasteiger partial charge in [-0.2, -0.15) is 0 Å². The van der Waals surface area contributed by atoms with E-state index >= 15 is 0 Å². The number of furan rings is 1. The number of aryl methyl sites for hydroxylation is 1. The van der Waals surface area contributed by atoms with Crippen molar-refractivity contribution in [1.82, 2.24) is 0 Å². The van der Waals surface area contributed by atoms with Crippen molar-refractivity contribution in [3.8, 4) is 0 Å². The molecule has 0 saturated carbocycles. The zero-order valence-corrected chi connectivity index (χ0v) is 20.3. The van der Waals surface area contributed by atoms with Crippen LogP contribution in [0.4, 0.5) is 11.4 Å². The second kappa shape index (κ2) is 8.54. The van der Waals surface area contributed by atoms with Crippen LogP contribution < -0.4 is 9.80 Å². The maximum Gasteiger partial charge on any atom is 0.262 e. The van der Waals surface area contributed by atoms with Crippen molar-refractivity contribution in [2.45, 2.75) is 65.5 Å². The van der Waals surface area contributed by atoms with Crippen molar-refractivity contribution in [2.24, 2.45) is 0 Å². The number of hydrogen-bond acceptors (Lipinski definition) is 3. The van der Waals surface area contributed by atoms with Crippen LogP contribution in [0.15, 0.2) is 65.1 Å². The van der Waals surface area contributed by atoms with E-state index in [9.17, 15) is 9.59 Å². The molecule has 2 aromatic carbocycles. The molecular weight excluding hydrogens is 412 g/mol. The van der Waals surface area contributed by atoms with Crippen LogP contribution in [-0.4, -0.2) is 17.9 Å². The molecule has 4 rings (SSSR count). The van der Waals surface area contributed by atoms with E-state index in [1.165, 1.54) is 0 Å². The number of carbonyl (C=O) groups excluding carboxylic acids is 2. The molecule has 0 aliphatic carbocycles. The molecule has 0 fully saturated rings. The van der Waals surface area contributed by atoms with Gasteiger partial charge in [-0.05, 0) is 50.1 Å². The Morgan fingerprint density at radius 1 is 1.03 bits per heavy atom. The third-order valence-electron chi connectivity index (χ3n) is 6.35. The summed E-state index contributed by atoms with van der Waals surface area (Å²) in [6, 6.07) is 19.3. The van der Waals surface area contributed by atoms with E-state index in [1.807, 2.05) is 84.3 Å². The van der Waals surface area contributed by atoms with Crippen LogP contribution >= 0.6 is 0 Å². The molecule has 33 heavy (non-hydrogen) atoms. The summed E-state index contributed by atoms with van der Waals surface area (Å²) in [6.07, 6.45) is 0.639. The molecule has 0 saturated heterocycles. The lowest BCUT2D eigenvalue weighted by molar-refractivity contribution is -0.117. The molecule has 2 unspecified atom stereocenters. The van der Waals surface area contributed by atoms with E-state index in [-0.39, 0.29) is 29.3 Å². The van der Waals surface area contributed by atoms with Crippen molar-refractivity contribution in [1.29, 1.82) is 0 Å². The van der Waals surface area contributed by atoms with Gasteiger partial charge in [0.2, 0.25) is 5.91 Å². The average molecular weight is 445 g/mol. The number of nitrogens with zero attached hydrogens (tertiary/aromatic N) is 2. The first-order valence-electron chi connectivity index (χ1n) is 11.5. The van der Waals surface area contributed by atoms with Gasteiger partial charge < -0.3 is 14.2 Å². The lowest BCUT2D eigenvalue weighted by Crippen LogP contribution is -2.47. The van der Waals surface area contributed by atoms with E-state index in [0.717, 1.165) is 22.7 Å². The second-order valence-corrected chi connectivity index (χ2v) is 9.89. The van der Waals surface area contributed by atoms with Crippen LogP contribution in [-0.2, 0) is 10.2 Å². The van der Waals surface area contributed by atoms with Crippen molar-refractivity contribution in [3.63, 3.8) is 0 Å².